The number of hydrogen-bond acceptors (Lipinski definition) is 6. The van der Waals surface area contributed by atoms with Crippen LogP contribution in [0.15, 0.2) is 20.5 Å². The second-order valence-electron chi connectivity index (χ2n) is 7.62. The molecule has 5 rings (SSSR count). The molecule has 0 unspecified atom stereocenters. The first-order valence-corrected chi connectivity index (χ1v) is 11.6. The molecule has 0 amide bonds. The maximum absolute atomic E-state index is 13.6. The highest BCUT2D eigenvalue weighted by molar-refractivity contribution is 7.98. The molecule has 3 heterocycles. The maximum atomic E-state index is 13.6. The number of aromatic nitrogens is 3. The van der Waals surface area contributed by atoms with E-state index in [1.165, 1.54) is 36.1 Å². The zero-order chi connectivity index (χ0) is 18.4. The Kier molecular flexibility index (Phi) is 4.60. The smallest absolute Gasteiger partial charge is 0.263 e. The molecule has 1 saturated carbocycles. The van der Waals surface area contributed by atoms with E-state index < -0.39 is 0 Å². The van der Waals surface area contributed by atoms with E-state index in [1.807, 2.05) is 17.6 Å². The van der Waals surface area contributed by atoms with Crippen LogP contribution in [0.25, 0.3) is 10.2 Å². The van der Waals surface area contributed by atoms with E-state index in [-0.39, 0.29) is 11.6 Å². The van der Waals surface area contributed by atoms with Crippen LogP contribution in [0.1, 0.15) is 66.5 Å². The first kappa shape index (κ1) is 17.5. The number of hydrogen-bond donors (Lipinski definition) is 0. The minimum Gasteiger partial charge on any atom is -0.361 e. The Morgan fingerprint density at radius 1 is 1.26 bits per heavy atom. The van der Waals surface area contributed by atoms with Crippen molar-refractivity contribution in [3.05, 3.63) is 38.3 Å². The highest BCUT2D eigenvalue weighted by atomic mass is 32.2. The minimum absolute atomic E-state index is 0.185. The molecule has 7 heteroatoms. The topological polar surface area (TPSA) is 60.9 Å². The third-order valence-electron chi connectivity index (χ3n) is 5.70. The van der Waals surface area contributed by atoms with Gasteiger partial charge in [0.05, 0.1) is 11.1 Å². The molecule has 3 aromatic heterocycles. The molecule has 0 bridgehead atoms. The van der Waals surface area contributed by atoms with Gasteiger partial charge in [-0.1, -0.05) is 29.8 Å². The van der Waals surface area contributed by atoms with E-state index in [2.05, 4.69) is 5.16 Å². The van der Waals surface area contributed by atoms with Crippen molar-refractivity contribution in [2.75, 3.05) is 0 Å². The van der Waals surface area contributed by atoms with Gasteiger partial charge in [0.2, 0.25) is 0 Å². The van der Waals surface area contributed by atoms with Gasteiger partial charge in [-0.05, 0) is 51.0 Å². The summed E-state index contributed by atoms with van der Waals surface area (Å²) >= 11 is 3.34. The number of nitrogens with zero attached hydrogens (tertiary/aromatic N) is 3. The van der Waals surface area contributed by atoms with E-state index in [0.717, 1.165) is 52.5 Å². The third kappa shape index (κ3) is 3.14. The lowest BCUT2D eigenvalue weighted by Crippen LogP contribution is -2.26. The summed E-state index contributed by atoms with van der Waals surface area (Å²) < 4.78 is 7.19. The molecule has 0 atom stereocenters. The number of rotatable bonds is 4. The lowest BCUT2D eigenvalue weighted by molar-refractivity contribution is 0.392. The van der Waals surface area contributed by atoms with Gasteiger partial charge in [-0.3, -0.25) is 9.36 Å². The summed E-state index contributed by atoms with van der Waals surface area (Å²) in [6.45, 7) is 1.90. The first-order chi connectivity index (χ1) is 13.2. The van der Waals surface area contributed by atoms with Gasteiger partial charge >= 0.3 is 0 Å². The molecule has 0 radical (unpaired) electrons. The molecular formula is C20H23N3O2S2. The van der Waals surface area contributed by atoms with Gasteiger partial charge in [-0.15, -0.1) is 11.3 Å². The number of thiophene rings is 1. The summed E-state index contributed by atoms with van der Waals surface area (Å²) in [7, 11) is 0. The van der Waals surface area contributed by atoms with Gasteiger partial charge in [-0.25, -0.2) is 4.98 Å². The average molecular weight is 402 g/mol. The van der Waals surface area contributed by atoms with Gasteiger partial charge in [0.15, 0.2) is 5.16 Å². The maximum Gasteiger partial charge on any atom is 0.263 e. The van der Waals surface area contributed by atoms with Gasteiger partial charge in [0, 0.05) is 22.7 Å². The lowest BCUT2D eigenvalue weighted by atomic mass is 9.97. The summed E-state index contributed by atoms with van der Waals surface area (Å²) in [6.07, 6.45) is 9.09. The molecule has 1 fully saturated rings. The average Bonchev–Trinajstić information content (AvgIpc) is 3.39. The van der Waals surface area contributed by atoms with Gasteiger partial charge < -0.3 is 4.52 Å². The molecule has 0 saturated heterocycles. The van der Waals surface area contributed by atoms with Crippen LogP contribution in [-0.4, -0.2) is 14.7 Å². The molecule has 5 nitrogen and oxygen atoms in total. The lowest BCUT2D eigenvalue weighted by Gasteiger charge is -2.18. The zero-order valence-corrected chi connectivity index (χ0v) is 17.1. The van der Waals surface area contributed by atoms with Crippen molar-refractivity contribution in [1.29, 1.82) is 0 Å². The van der Waals surface area contributed by atoms with Crippen LogP contribution in [0.4, 0.5) is 0 Å². The van der Waals surface area contributed by atoms with E-state index >= 15 is 0 Å². The van der Waals surface area contributed by atoms with Crippen molar-refractivity contribution in [3.8, 4) is 0 Å². The Labute approximate surface area is 166 Å². The minimum atomic E-state index is 0.185. The quantitative estimate of drug-likeness (QED) is 0.453. The standard InChI is InChI=1S/C20H23N3O2S2/c1-12-10-13(22-25-12)11-26-20-21-18-17(15-8-4-5-9-16(15)27-18)19(24)23(20)14-6-2-3-7-14/h10,14H,2-9,11H2,1H3. The summed E-state index contributed by atoms with van der Waals surface area (Å²) in [5, 5.41) is 5.84. The Morgan fingerprint density at radius 2 is 2.07 bits per heavy atom. The summed E-state index contributed by atoms with van der Waals surface area (Å²) in [6, 6.07) is 2.24. The van der Waals surface area contributed by atoms with Crippen LogP contribution in [-0.2, 0) is 18.6 Å². The van der Waals surface area contributed by atoms with Crippen molar-refractivity contribution >= 4 is 33.3 Å². The predicted molar refractivity (Wildman–Crippen MR) is 109 cm³/mol. The number of aryl methyl sites for hydroxylation is 3. The van der Waals surface area contributed by atoms with Crippen LogP contribution in [0.3, 0.4) is 0 Å². The fourth-order valence-electron chi connectivity index (χ4n) is 4.41. The van der Waals surface area contributed by atoms with Gasteiger partial charge in [0.25, 0.3) is 5.56 Å². The van der Waals surface area contributed by atoms with Crippen molar-refractivity contribution < 1.29 is 4.52 Å². The molecule has 2 aliphatic rings. The molecule has 0 aromatic carbocycles. The Morgan fingerprint density at radius 3 is 2.85 bits per heavy atom. The van der Waals surface area contributed by atoms with Gasteiger partial charge in [0.1, 0.15) is 10.6 Å². The fraction of sp³-hybridized carbons (Fsp3) is 0.550. The zero-order valence-electron chi connectivity index (χ0n) is 15.5. The van der Waals surface area contributed by atoms with Crippen molar-refractivity contribution in [2.24, 2.45) is 0 Å². The molecule has 142 valence electrons. The van der Waals surface area contributed by atoms with Gasteiger partial charge in [-0.2, -0.15) is 0 Å². The Hall–Kier alpha value is -1.60. The molecule has 0 aliphatic heterocycles. The molecule has 3 aromatic rings. The van der Waals surface area contributed by atoms with Crippen LogP contribution >= 0.6 is 23.1 Å². The van der Waals surface area contributed by atoms with Crippen molar-refractivity contribution in [3.63, 3.8) is 0 Å². The Balaban J connectivity index is 1.61. The van der Waals surface area contributed by atoms with E-state index in [9.17, 15) is 4.79 Å². The molecule has 27 heavy (non-hydrogen) atoms. The Bertz CT molecular complexity index is 1040. The molecular weight excluding hydrogens is 378 g/mol. The van der Waals surface area contributed by atoms with E-state index in [4.69, 9.17) is 9.51 Å². The summed E-state index contributed by atoms with van der Waals surface area (Å²) in [5.74, 6) is 1.49. The van der Waals surface area contributed by atoms with Crippen LogP contribution in [0.5, 0.6) is 0 Å². The molecule has 0 N–H and O–H groups in total. The third-order valence-corrected chi connectivity index (χ3v) is 7.88. The van der Waals surface area contributed by atoms with E-state index in [0.29, 0.717) is 5.75 Å². The normalized spacial score (nSPS) is 17.7. The van der Waals surface area contributed by atoms with Crippen molar-refractivity contribution in [1.82, 2.24) is 14.7 Å². The van der Waals surface area contributed by atoms with Crippen molar-refractivity contribution in [2.45, 2.75) is 75.2 Å². The predicted octanol–water partition coefficient (Wildman–Crippen LogP) is 5.04. The molecule has 2 aliphatic carbocycles. The fourth-order valence-corrected chi connectivity index (χ4v) is 6.66. The summed E-state index contributed by atoms with van der Waals surface area (Å²) in [5.41, 5.74) is 2.37. The molecule has 0 spiro atoms. The largest absolute Gasteiger partial charge is 0.361 e. The first-order valence-electron chi connectivity index (χ1n) is 9.82. The van der Waals surface area contributed by atoms with Crippen LogP contribution in [0.2, 0.25) is 0 Å². The number of fused-ring (bicyclic) bond motifs is 3. The summed E-state index contributed by atoms with van der Waals surface area (Å²) in [4.78, 5) is 20.9. The van der Waals surface area contributed by atoms with Crippen LogP contribution in [0, 0.1) is 6.92 Å². The monoisotopic (exact) mass is 401 g/mol. The SMILES string of the molecule is Cc1cc(CSc2nc3sc4c(c3c(=O)n2C2CCCC2)CCCC4)no1. The highest BCUT2D eigenvalue weighted by Crippen LogP contribution is 2.37. The highest BCUT2D eigenvalue weighted by Gasteiger charge is 2.27. The van der Waals surface area contributed by atoms with E-state index in [1.54, 1.807) is 23.1 Å². The second-order valence-corrected chi connectivity index (χ2v) is 9.64. The number of thioether (sulfide) groups is 1. The van der Waals surface area contributed by atoms with Crippen LogP contribution < -0.4 is 5.56 Å². The second kappa shape index (κ2) is 7.09.